The molecule has 0 aliphatic rings. The van der Waals surface area contributed by atoms with E-state index in [0.717, 1.165) is 6.07 Å². The van der Waals surface area contributed by atoms with E-state index in [1.54, 1.807) is 0 Å². The first-order valence-corrected chi connectivity index (χ1v) is 5.27. The quantitative estimate of drug-likeness (QED) is 0.910. The van der Waals surface area contributed by atoms with E-state index < -0.39 is 11.7 Å². The van der Waals surface area contributed by atoms with Gasteiger partial charge in [0.2, 0.25) is 0 Å². The van der Waals surface area contributed by atoms with E-state index >= 15 is 0 Å². The fraction of sp³-hybridized carbons (Fsp3) is 0.167. The molecule has 1 heterocycles. The monoisotopic (exact) mass is 269 g/mol. The Morgan fingerprint density at radius 3 is 2.42 bits per heavy atom. The molecule has 0 amide bonds. The van der Waals surface area contributed by atoms with Crippen LogP contribution in [-0.2, 0) is 6.18 Å². The molecule has 2 rings (SSSR count). The van der Waals surface area contributed by atoms with Gasteiger partial charge in [0.15, 0.2) is 0 Å². The molecule has 2 N–H and O–H groups in total. The predicted octanol–water partition coefficient (Wildman–Crippen LogP) is 2.75. The molecule has 1 aromatic carbocycles. The number of hydrogen-bond donors (Lipinski definition) is 1. The molecular formula is C12H10F3N3O. The first kappa shape index (κ1) is 13.1. The minimum absolute atomic E-state index is 0.0474. The van der Waals surface area contributed by atoms with Crippen molar-refractivity contribution in [1.29, 1.82) is 0 Å². The van der Waals surface area contributed by atoms with Crippen LogP contribution in [0.4, 0.5) is 18.9 Å². The summed E-state index contributed by atoms with van der Waals surface area (Å²) in [4.78, 5) is 0. The Bertz CT molecular complexity index is 599. The zero-order valence-corrected chi connectivity index (χ0v) is 9.90. The van der Waals surface area contributed by atoms with Gasteiger partial charge in [-0.1, -0.05) is 18.2 Å². The first-order chi connectivity index (χ1) is 8.93. The van der Waals surface area contributed by atoms with Crippen molar-refractivity contribution in [2.45, 2.75) is 6.18 Å². The summed E-state index contributed by atoms with van der Waals surface area (Å²) in [5.41, 5.74) is 4.94. The molecule has 0 bridgehead atoms. The van der Waals surface area contributed by atoms with Crippen LogP contribution in [0.1, 0.15) is 5.56 Å². The molecule has 19 heavy (non-hydrogen) atoms. The highest BCUT2D eigenvalue weighted by atomic mass is 19.4. The third kappa shape index (κ3) is 2.59. The lowest BCUT2D eigenvalue weighted by Gasteiger charge is -2.12. The summed E-state index contributed by atoms with van der Waals surface area (Å²) in [6, 6.07) is 6.41. The minimum atomic E-state index is -4.47. The van der Waals surface area contributed by atoms with Crippen molar-refractivity contribution in [1.82, 2.24) is 10.2 Å². The number of methoxy groups -OCH3 is 1. The van der Waals surface area contributed by atoms with Crippen LogP contribution in [0.15, 0.2) is 30.3 Å². The number of ether oxygens (including phenoxy) is 1. The van der Waals surface area contributed by atoms with Crippen LogP contribution in [0.2, 0.25) is 0 Å². The van der Waals surface area contributed by atoms with Gasteiger partial charge in [-0.25, -0.2) is 0 Å². The van der Waals surface area contributed by atoms with Crippen molar-refractivity contribution in [3.8, 4) is 17.1 Å². The highest BCUT2D eigenvalue weighted by molar-refractivity contribution is 5.68. The smallest absolute Gasteiger partial charge is 0.417 e. The summed E-state index contributed by atoms with van der Waals surface area (Å²) in [6.45, 7) is 0. The SMILES string of the molecule is COc1nnc(-c2ccccc2C(F)(F)F)cc1N. The molecule has 0 saturated carbocycles. The topological polar surface area (TPSA) is 61.0 Å². The van der Waals surface area contributed by atoms with Crippen LogP contribution in [0.25, 0.3) is 11.3 Å². The highest BCUT2D eigenvalue weighted by Crippen LogP contribution is 2.36. The van der Waals surface area contributed by atoms with Gasteiger partial charge in [-0.3, -0.25) is 0 Å². The second-order valence-electron chi connectivity index (χ2n) is 3.74. The van der Waals surface area contributed by atoms with Gasteiger partial charge in [0, 0.05) is 5.56 Å². The van der Waals surface area contributed by atoms with Gasteiger partial charge >= 0.3 is 6.18 Å². The van der Waals surface area contributed by atoms with E-state index in [-0.39, 0.29) is 22.8 Å². The number of nitrogens with zero attached hydrogens (tertiary/aromatic N) is 2. The molecule has 0 saturated heterocycles. The van der Waals surface area contributed by atoms with Gasteiger partial charge in [0.05, 0.1) is 24.1 Å². The van der Waals surface area contributed by atoms with Crippen molar-refractivity contribution >= 4 is 5.69 Å². The predicted molar refractivity (Wildman–Crippen MR) is 63.4 cm³/mol. The molecular weight excluding hydrogens is 259 g/mol. The van der Waals surface area contributed by atoms with Gasteiger partial charge in [-0.05, 0) is 12.1 Å². The van der Waals surface area contributed by atoms with Gasteiger partial charge in [-0.15, -0.1) is 10.2 Å². The number of nitrogens with two attached hydrogens (primary N) is 1. The van der Waals surface area contributed by atoms with E-state index in [9.17, 15) is 13.2 Å². The third-order valence-electron chi connectivity index (χ3n) is 2.49. The molecule has 4 nitrogen and oxygen atoms in total. The van der Waals surface area contributed by atoms with Gasteiger partial charge in [-0.2, -0.15) is 13.2 Å². The Morgan fingerprint density at radius 1 is 1.16 bits per heavy atom. The molecule has 7 heteroatoms. The van der Waals surface area contributed by atoms with E-state index in [1.807, 2.05) is 0 Å². The van der Waals surface area contributed by atoms with Gasteiger partial charge in [0.25, 0.3) is 5.88 Å². The van der Waals surface area contributed by atoms with Crippen molar-refractivity contribution < 1.29 is 17.9 Å². The molecule has 0 fully saturated rings. The number of benzene rings is 1. The Morgan fingerprint density at radius 2 is 1.84 bits per heavy atom. The lowest BCUT2D eigenvalue weighted by atomic mass is 10.0. The van der Waals surface area contributed by atoms with Crippen LogP contribution < -0.4 is 10.5 Å². The van der Waals surface area contributed by atoms with Crippen molar-refractivity contribution in [2.24, 2.45) is 0 Å². The fourth-order valence-corrected chi connectivity index (χ4v) is 1.64. The number of aromatic nitrogens is 2. The standard InChI is InChI=1S/C12H10F3N3O/c1-19-11-9(16)6-10(17-18-11)7-4-2-3-5-8(7)12(13,14)15/h2-6H,1H3,(H2,16,17). The zero-order chi connectivity index (χ0) is 14.0. The zero-order valence-electron chi connectivity index (χ0n) is 9.90. The maximum absolute atomic E-state index is 12.9. The maximum atomic E-state index is 12.9. The van der Waals surface area contributed by atoms with Crippen molar-refractivity contribution in [2.75, 3.05) is 12.8 Å². The van der Waals surface area contributed by atoms with Gasteiger partial charge < -0.3 is 10.5 Å². The summed E-state index contributed by atoms with van der Waals surface area (Å²) >= 11 is 0. The number of rotatable bonds is 2. The largest absolute Gasteiger partial charge is 0.478 e. The van der Waals surface area contributed by atoms with E-state index in [0.29, 0.717) is 0 Å². The van der Waals surface area contributed by atoms with Crippen LogP contribution in [0.5, 0.6) is 5.88 Å². The highest BCUT2D eigenvalue weighted by Gasteiger charge is 2.33. The average molecular weight is 269 g/mol. The Hall–Kier alpha value is -2.31. The fourth-order valence-electron chi connectivity index (χ4n) is 1.64. The van der Waals surface area contributed by atoms with Crippen LogP contribution in [0.3, 0.4) is 0 Å². The summed E-state index contributed by atoms with van der Waals surface area (Å²) in [6.07, 6.45) is -4.47. The Kier molecular flexibility index (Phi) is 3.28. The Labute approximate surface area is 107 Å². The second kappa shape index (κ2) is 4.75. The molecule has 0 radical (unpaired) electrons. The lowest BCUT2D eigenvalue weighted by molar-refractivity contribution is -0.137. The van der Waals surface area contributed by atoms with E-state index in [2.05, 4.69) is 10.2 Å². The number of halogens is 3. The number of nitrogen functional groups attached to an aromatic ring is 1. The molecule has 0 atom stereocenters. The molecule has 0 aliphatic carbocycles. The molecule has 0 aliphatic heterocycles. The van der Waals surface area contributed by atoms with Gasteiger partial charge in [0.1, 0.15) is 0 Å². The molecule has 1 aromatic heterocycles. The average Bonchev–Trinajstić information content (AvgIpc) is 2.37. The normalized spacial score (nSPS) is 11.4. The van der Waals surface area contributed by atoms with Crippen molar-refractivity contribution in [3.63, 3.8) is 0 Å². The third-order valence-corrected chi connectivity index (χ3v) is 2.49. The molecule has 0 unspecified atom stereocenters. The number of anilines is 1. The van der Waals surface area contributed by atoms with Crippen LogP contribution in [-0.4, -0.2) is 17.3 Å². The molecule has 2 aromatic rings. The van der Waals surface area contributed by atoms with E-state index in [4.69, 9.17) is 10.5 Å². The summed E-state index contributed by atoms with van der Waals surface area (Å²) in [5.74, 6) is 0.0771. The number of hydrogen-bond acceptors (Lipinski definition) is 4. The maximum Gasteiger partial charge on any atom is 0.417 e. The summed E-state index contributed by atoms with van der Waals surface area (Å²) in [5, 5.41) is 7.33. The second-order valence-corrected chi connectivity index (χ2v) is 3.74. The summed E-state index contributed by atoms with van der Waals surface area (Å²) in [7, 11) is 1.35. The Balaban J connectivity index is 2.57. The van der Waals surface area contributed by atoms with Crippen molar-refractivity contribution in [3.05, 3.63) is 35.9 Å². The molecule has 100 valence electrons. The first-order valence-electron chi connectivity index (χ1n) is 5.27. The molecule has 0 spiro atoms. The van der Waals surface area contributed by atoms with E-state index in [1.165, 1.54) is 31.4 Å². The van der Waals surface area contributed by atoms with Crippen LogP contribution in [0, 0.1) is 0 Å². The lowest BCUT2D eigenvalue weighted by Crippen LogP contribution is -2.08. The summed E-state index contributed by atoms with van der Waals surface area (Å²) < 4.78 is 43.4. The minimum Gasteiger partial charge on any atom is -0.478 e. The van der Waals surface area contributed by atoms with Crippen LogP contribution >= 0.6 is 0 Å². The number of alkyl halides is 3.